The molecule has 1 amide bonds. The van der Waals surface area contributed by atoms with E-state index in [1.54, 1.807) is 0 Å². The van der Waals surface area contributed by atoms with Crippen molar-refractivity contribution in [3.63, 3.8) is 0 Å². The third kappa shape index (κ3) is 2.56. The lowest BCUT2D eigenvalue weighted by atomic mass is 9.97. The summed E-state index contributed by atoms with van der Waals surface area (Å²) in [5, 5.41) is 2.96. The SMILES string of the molecule is CCc1cc(NC(=O)C2(N)CCCC2)ccc1C. The van der Waals surface area contributed by atoms with Gasteiger partial charge >= 0.3 is 0 Å². The molecule has 0 aliphatic heterocycles. The van der Waals surface area contributed by atoms with E-state index in [2.05, 4.69) is 19.2 Å². The molecule has 1 aromatic carbocycles. The Labute approximate surface area is 109 Å². The van der Waals surface area contributed by atoms with Gasteiger partial charge < -0.3 is 11.1 Å². The van der Waals surface area contributed by atoms with Crippen molar-refractivity contribution in [3.8, 4) is 0 Å². The van der Waals surface area contributed by atoms with E-state index in [0.29, 0.717) is 0 Å². The fraction of sp³-hybridized carbons (Fsp3) is 0.533. The summed E-state index contributed by atoms with van der Waals surface area (Å²) < 4.78 is 0. The van der Waals surface area contributed by atoms with Crippen LogP contribution in [0, 0.1) is 6.92 Å². The summed E-state index contributed by atoms with van der Waals surface area (Å²) in [4.78, 5) is 12.2. The fourth-order valence-corrected chi connectivity index (χ4v) is 2.62. The normalized spacial score (nSPS) is 17.7. The van der Waals surface area contributed by atoms with E-state index in [1.165, 1.54) is 11.1 Å². The molecule has 0 unspecified atom stereocenters. The van der Waals surface area contributed by atoms with Crippen LogP contribution in [0.25, 0.3) is 0 Å². The molecule has 0 saturated heterocycles. The number of aryl methyl sites for hydroxylation is 2. The Morgan fingerprint density at radius 1 is 1.39 bits per heavy atom. The molecule has 1 aliphatic carbocycles. The minimum atomic E-state index is -0.655. The molecule has 98 valence electrons. The van der Waals surface area contributed by atoms with Gasteiger partial charge in [-0.25, -0.2) is 0 Å². The van der Waals surface area contributed by atoms with Gasteiger partial charge in [0.15, 0.2) is 0 Å². The van der Waals surface area contributed by atoms with Gasteiger partial charge in [-0.05, 0) is 49.4 Å². The van der Waals surface area contributed by atoms with Gasteiger partial charge in [0.2, 0.25) is 5.91 Å². The summed E-state index contributed by atoms with van der Waals surface area (Å²) in [5.74, 6) is -0.0362. The van der Waals surface area contributed by atoms with Crippen LogP contribution in [0.5, 0.6) is 0 Å². The standard InChI is InChI=1S/C15H22N2O/c1-3-12-10-13(7-6-11(12)2)17-14(18)15(16)8-4-5-9-15/h6-7,10H,3-5,8-9,16H2,1-2H3,(H,17,18). The van der Waals surface area contributed by atoms with Crippen LogP contribution in [0.3, 0.4) is 0 Å². The molecular formula is C15H22N2O. The predicted octanol–water partition coefficient (Wildman–Crippen LogP) is 2.77. The van der Waals surface area contributed by atoms with E-state index < -0.39 is 5.54 Å². The van der Waals surface area contributed by atoms with Crippen LogP contribution in [-0.4, -0.2) is 11.4 Å². The summed E-state index contributed by atoms with van der Waals surface area (Å²) in [6.07, 6.45) is 4.68. The first-order valence-corrected chi connectivity index (χ1v) is 6.75. The molecule has 3 heteroatoms. The highest BCUT2D eigenvalue weighted by Crippen LogP contribution is 2.28. The van der Waals surface area contributed by atoms with Crippen molar-refractivity contribution in [2.75, 3.05) is 5.32 Å². The number of anilines is 1. The average Bonchev–Trinajstić information content (AvgIpc) is 2.80. The number of carbonyl (C=O) groups is 1. The van der Waals surface area contributed by atoms with Crippen molar-refractivity contribution in [3.05, 3.63) is 29.3 Å². The van der Waals surface area contributed by atoms with E-state index in [9.17, 15) is 4.79 Å². The molecule has 18 heavy (non-hydrogen) atoms. The van der Waals surface area contributed by atoms with Crippen molar-refractivity contribution in [1.29, 1.82) is 0 Å². The second kappa shape index (κ2) is 5.11. The number of nitrogens with two attached hydrogens (primary N) is 1. The largest absolute Gasteiger partial charge is 0.324 e. The first-order chi connectivity index (χ1) is 8.55. The zero-order valence-electron chi connectivity index (χ0n) is 11.3. The summed E-state index contributed by atoms with van der Waals surface area (Å²) in [7, 11) is 0. The maximum Gasteiger partial charge on any atom is 0.244 e. The Kier molecular flexibility index (Phi) is 3.71. The summed E-state index contributed by atoms with van der Waals surface area (Å²) in [6, 6.07) is 6.04. The van der Waals surface area contributed by atoms with Crippen LogP contribution in [0.2, 0.25) is 0 Å². The Morgan fingerprint density at radius 3 is 2.67 bits per heavy atom. The quantitative estimate of drug-likeness (QED) is 0.861. The molecule has 0 atom stereocenters. The zero-order valence-corrected chi connectivity index (χ0v) is 11.3. The highest BCUT2D eigenvalue weighted by Gasteiger charge is 2.36. The first-order valence-electron chi connectivity index (χ1n) is 6.75. The number of carbonyl (C=O) groups excluding carboxylic acids is 1. The van der Waals surface area contributed by atoms with Crippen LogP contribution in [0.15, 0.2) is 18.2 Å². The van der Waals surface area contributed by atoms with Crippen LogP contribution < -0.4 is 11.1 Å². The van der Waals surface area contributed by atoms with Crippen molar-refractivity contribution >= 4 is 11.6 Å². The number of amides is 1. The molecule has 0 bridgehead atoms. The lowest BCUT2D eigenvalue weighted by Crippen LogP contribution is -2.48. The maximum absolute atomic E-state index is 12.2. The molecule has 1 aromatic rings. The lowest BCUT2D eigenvalue weighted by Gasteiger charge is -2.22. The molecule has 0 radical (unpaired) electrons. The number of nitrogens with one attached hydrogen (secondary N) is 1. The molecule has 0 spiro atoms. The fourth-order valence-electron chi connectivity index (χ4n) is 2.62. The molecule has 0 aromatic heterocycles. The van der Waals surface area contributed by atoms with Crippen molar-refractivity contribution in [2.45, 2.75) is 51.5 Å². The highest BCUT2D eigenvalue weighted by atomic mass is 16.2. The van der Waals surface area contributed by atoms with Gasteiger partial charge in [0.05, 0.1) is 5.54 Å². The number of benzene rings is 1. The third-order valence-electron chi connectivity index (χ3n) is 3.94. The molecule has 1 aliphatic rings. The van der Waals surface area contributed by atoms with Gasteiger partial charge in [0.1, 0.15) is 0 Å². The predicted molar refractivity (Wildman–Crippen MR) is 74.6 cm³/mol. The molecule has 1 fully saturated rings. The van der Waals surface area contributed by atoms with Crippen LogP contribution in [-0.2, 0) is 11.2 Å². The number of hydrogen-bond donors (Lipinski definition) is 2. The topological polar surface area (TPSA) is 55.1 Å². The van der Waals surface area contributed by atoms with E-state index in [-0.39, 0.29) is 5.91 Å². The monoisotopic (exact) mass is 246 g/mol. The smallest absolute Gasteiger partial charge is 0.244 e. The Balaban J connectivity index is 2.11. The summed E-state index contributed by atoms with van der Waals surface area (Å²) >= 11 is 0. The first kappa shape index (κ1) is 13.1. The molecule has 2 rings (SSSR count). The second-order valence-electron chi connectivity index (χ2n) is 5.31. The average molecular weight is 246 g/mol. The number of rotatable bonds is 3. The third-order valence-corrected chi connectivity index (χ3v) is 3.94. The van der Waals surface area contributed by atoms with Gasteiger partial charge in [-0.1, -0.05) is 25.8 Å². The second-order valence-corrected chi connectivity index (χ2v) is 5.31. The maximum atomic E-state index is 12.2. The molecule has 3 nitrogen and oxygen atoms in total. The summed E-state index contributed by atoms with van der Waals surface area (Å²) in [5.41, 5.74) is 8.88. The van der Waals surface area contributed by atoms with Crippen LogP contribution in [0.4, 0.5) is 5.69 Å². The molecule has 3 N–H and O–H groups in total. The van der Waals surface area contributed by atoms with Gasteiger partial charge in [-0.3, -0.25) is 4.79 Å². The van der Waals surface area contributed by atoms with Gasteiger partial charge in [-0.15, -0.1) is 0 Å². The molecular weight excluding hydrogens is 224 g/mol. The minimum Gasteiger partial charge on any atom is -0.324 e. The summed E-state index contributed by atoms with van der Waals surface area (Å²) in [6.45, 7) is 4.21. The Bertz CT molecular complexity index is 448. The van der Waals surface area contributed by atoms with Crippen LogP contribution in [0.1, 0.15) is 43.7 Å². The van der Waals surface area contributed by atoms with E-state index in [0.717, 1.165) is 37.8 Å². The number of hydrogen-bond acceptors (Lipinski definition) is 2. The van der Waals surface area contributed by atoms with Crippen molar-refractivity contribution in [1.82, 2.24) is 0 Å². The zero-order chi connectivity index (χ0) is 13.2. The molecule has 1 saturated carbocycles. The van der Waals surface area contributed by atoms with Gasteiger partial charge in [0, 0.05) is 5.69 Å². The van der Waals surface area contributed by atoms with Crippen LogP contribution >= 0.6 is 0 Å². The van der Waals surface area contributed by atoms with Gasteiger partial charge in [0.25, 0.3) is 0 Å². The molecule has 0 heterocycles. The highest BCUT2D eigenvalue weighted by molar-refractivity contribution is 5.98. The Hall–Kier alpha value is -1.35. The minimum absolute atomic E-state index is 0.0362. The van der Waals surface area contributed by atoms with Crippen molar-refractivity contribution < 1.29 is 4.79 Å². The van der Waals surface area contributed by atoms with E-state index in [4.69, 9.17) is 5.73 Å². The van der Waals surface area contributed by atoms with Crippen molar-refractivity contribution in [2.24, 2.45) is 5.73 Å². The van der Waals surface area contributed by atoms with Gasteiger partial charge in [-0.2, -0.15) is 0 Å². The van der Waals surface area contributed by atoms with E-state index in [1.807, 2.05) is 18.2 Å². The lowest BCUT2D eigenvalue weighted by molar-refractivity contribution is -0.121. The van der Waals surface area contributed by atoms with E-state index >= 15 is 0 Å². The Morgan fingerprint density at radius 2 is 2.06 bits per heavy atom.